The molecule has 0 fully saturated rings. The van der Waals surface area contributed by atoms with Crippen molar-refractivity contribution >= 4 is 44.0 Å². The van der Waals surface area contributed by atoms with Gasteiger partial charge in [-0.2, -0.15) is 0 Å². The molecule has 1 aromatic carbocycles. The molecule has 0 unspecified atom stereocenters. The molecule has 9 heteroatoms. The minimum Gasteiger partial charge on any atom is -0.363 e. The molecular weight excluding hydrogens is 400 g/mol. The highest BCUT2D eigenvalue weighted by Gasteiger charge is 2.29. The van der Waals surface area contributed by atoms with Crippen LogP contribution in [-0.4, -0.2) is 31.2 Å². The first-order chi connectivity index (χ1) is 13.2. The molecule has 2 aromatic heterocycles. The van der Waals surface area contributed by atoms with Crippen LogP contribution in [0, 0.1) is 0 Å². The average Bonchev–Trinajstić information content (AvgIpc) is 3.07. The number of hydrogen-bond donors (Lipinski definition) is 2. The van der Waals surface area contributed by atoms with E-state index in [2.05, 4.69) is 15.3 Å². The molecule has 4 rings (SSSR count). The second-order valence-electron chi connectivity index (χ2n) is 6.89. The number of pyridine rings is 2. The van der Waals surface area contributed by atoms with Gasteiger partial charge in [0.25, 0.3) is 5.56 Å². The lowest BCUT2D eigenvalue weighted by Gasteiger charge is -2.19. The number of nitrogens with zero attached hydrogens (tertiary/aromatic N) is 2. The summed E-state index contributed by atoms with van der Waals surface area (Å²) in [6, 6.07) is 8.47. The second kappa shape index (κ2) is 6.79. The number of fused-ring (bicyclic) bond motifs is 2. The van der Waals surface area contributed by atoms with E-state index in [4.69, 9.17) is 11.6 Å². The molecule has 0 radical (unpaired) electrons. The molecule has 0 spiro atoms. The summed E-state index contributed by atoms with van der Waals surface area (Å²) in [6.07, 6.45) is 3.33. The van der Waals surface area contributed by atoms with Crippen LogP contribution in [0.25, 0.3) is 10.9 Å². The van der Waals surface area contributed by atoms with Gasteiger partial charge in [0.05, 0.1) is 18.0 Å². The molecule has 0 aliphatic carbocycles. The predicted molar refractivity (Wildman–Crippen MR) is 112 cm³/mol. The predicted octanol–water partition coefficient (Wildman–Crippen LogP) is 3.07. The van der Waals surface area contributed by atoms with Crippen LogP contribution in [0.4, 0.5) is 11.5 Å². The largest absolute Gasteiger partial charge is 0.363 e. The maximum absolute atomic E-state index is 12.5. The molecule has 28 heavy (non-hydrogen) atoms. The number of anilines is 2. The number of sulfonamides is 1. The molecular formula is C19H19ClN4O3S. The summed E-state index contributed by atoms with van der Waals surface area (Å²) < 4.78 is 25.3. The zero-order valence-electron chi connectivity index (χ0n) is 15.4. The topological polar surface area (TPSA) is 95.2 Å². The zero-order valence-corrected chi connectivity index (χ0v) is 16.9. The SMILES string of the molecule is C[C@H](Nc1nccc2c1CCN2S(C)(=O)=O)c1cc2cc(Cl)ccc2[nH]c1=O. The van der Waals surface area contributed by atoms with E-state index in [9.17, 15) is 13.2 Å². The number of rotatable bonds is 4. The lowest BCUT2D eigenvalue weighted by atomic mass is 10.1. The van der Waals surface area contributed by atoms with Gasteiger partial charge >= 0.3 is 0 Å². The van der Waals surface area contributed by atoms with Gasteiger partial charge in [-0.1, -0.05) is 11.6 Å². The minimum atomic E-state index is -3.34. The van der Waals surface area contributed by atoms with E-state index in [0.717, 1.165) is 10.9 Å². The molecule has 0 saturated heterocycles. The van der Waals surface area contributed by atoms with Crippen LogP contribution >= 0.6 is 11.6 Å². The van der Waals surface area contributed by atoms with E-state index in [0.29, 0.717) is 40.6 Å². The second-order valence-corrected chi connectivity index (χ2v) is 9.24. The lowest BCUT2D eigenvalue weighted by Crippen LogP contribution is -2.27. The molecule has 1 aliphatic heterocycles. The average molecular weight is 419 g/mol. The highest BCUT2D eigenvalue weighted by Crippen LogP contribution is 2.35. The Morgan fingerprint density at radius 3 is 2.82 bits per heavy atom. The van der Waals surface area contributed by atoms with Crippen LogP contribution < -0.4 is 15.2 Å². The van der Waals surface area contributed by atoms with Crippen molar-refractivity contribution in [3.8, 4) is 0 Å². The van der Waals surface area contributed by atoms with Crippen LogP contribution in [0.1, 0.15) is 24.1 Å². The molecule has 3 aromatic rings. The molecule has 1 aliphatic rings. The van der Waals surface area contributed by atoms with Gasteiger partial charge < -0.3 is 10.3 Å². The van der Waals surface area contributed by atoms with Crippen molar-refractivity contribution in [2.75, 3.05) is 22.4 Å². The van der Waals surface area contributed by atoms with Gasteiger partial charge in [0.2, 0.25) is 10.0 Å². The highest BCUT2D eigenvalue weighted by atomic mass is 35.5. The monoisotopic (exact) mass is 418 g/mol. The number of aromatic amines is 1. The Morgan fingerprint density at radius 1 is 1.29 bits per heavy atom. The zero-order chi connectivity index (χ0) is 20.1. The van der Waals surface area contributed by atoms with Gasteiger partial charge in [-0.15, -0.1) is 0 Å². The Morgan fingerprint density at radius 2 is 2.07 bits per heavy atom. The number of nitrogens with one attached hydrogen (secondary N) is 2. The van der Waals surface area contributed by atoms with Crippen LogP contribution in [0.2, 0.25) is 5.02 Å². The summed E-state index contributed by atoms with van der Waals surface area (Å²) >= 11 is 6.06. The smallest absolute Gasteiger partial charge is 0.253 e. The Kier molecular flexibility index (Phi) is 4.55. The molecule has 7 nitrogen and oxygen atoms in total. The fourth-order valence-electron chi connectivity index (χ4n) is 3.56. The van der Waals surface area contributed by atoms with Crippen LogP contribution in [0.5, 0.6) is 0 Å². The summed E-state index contributed by atoms with van der Waals surface area (Å²) in [5, 5.41) is 4.70. The Labute approximate surface area is 167 Å². The van der Waals surface area contributed by atoms with Crippen LogP contribution in [-0.2, 0) is 16.4 Å². The molecule has 0 amide bonds. The van der Waals surface area contributed by atoms with E-state index in [1.807, 2.05) is 13.0 Å². The quantitative estimate of drug-likeness (QED) is 0.678. The highest BCUT2D eigenvalue weighted by molar-refractivity contribution is 7.92. The van der Waals surface area contributed by atoms with Crippen molar-refractivity contribution in [3.05, 3.63) is 63.0 Å². The maximum Gasteiger partial charge on any atom is 0.253 e. The maximum atomic E-state index is 12.5. The summed E-state index contributed by atoms with van der Waals surface area (Å²) in [7, 11) is -3.34. The van der Waals surface area contributed by atoms with E-state index < -0.39 is 10.0 Å². The van der Waals surface area contributed by atoms with Gasteiger partial charge in [0.15, 0.2) is 0 Å². The van der Waals surface area contributed by atoms with Gasteiger partial charge in [-0.3, -0.25) is 9.10 Å². The third-order valence-corrected chi connectivity index (χ3v) is 6.33. The van der Waals surface area contributed by atoms with Gasteiger partial charge in [0, 0.05) is 39.8 Å². The van der Waals surface area contributed by atoms with E-state index in [-0.39, 0.29) is 11.6 Å². The van der Waals surface area contributed by atoms with Gasteiger partial charge in [-0.05, 0) is 43.7 Å². The molecule has 0 saturated carbocycles. The number of benzene rings is 1. The number of H-pyrrole nitrogens is 1. The number of halogens is 1. The van der Waals surface area contributed by atoms with Crippen molar-refractivity contribution in [2.45, 2.75) is 19.4 Å². The van der Waals surface area contributed by atoms with E-state index >= 15 is 0 Å². The van der Waals surface area contributed by atoms with Crippen molar-refractivity contribution < 1.29 is 8.42 Å². The first-order valence-corrected chi connectivity index (χ1v) is 11.0. The first-order valence-electron chi connectivity index (χ1n) is 8.78. The molecule has 3 heterocycles. The third-order valence-electron chi connectivity index (χ3n) is 4.92. The van der Waals surface area contributed by atoms with Crippen molar-refractivity contribution in [3.63, 3.8) is 0 Å². The van der Waals surface area contributed by atoms with Crippen molar-refractivity contribution in [1.29, 1.82) is 0 Å². The minimum absolute atomic E-state index is 0.194. The fraction of sp³-hybridized carbons (Fsp3) is 0.263. The summed E-state index contributed by atoms with van der Waals surface area (Å²) in [6.45, 7) is 2.25. The van der Waals surface area contributed by atoms with Gasteiger partial charge in [0.1, 0.15) is 5.82 Å². The molecule has 146 valence electrons. The first kappa shape index (κ1) is 18.8. The fourth-order valence-corrected chi connectivity index (χ4v) is 4.70. The van der Waals surface area contributed by atoms with E-state index in [1.54, 1.807) is 30.5 Å². The van der Waals surface area contributed by atoms with Crippen LogP contribution in [0.3, 0.4) is 0 Å². The Hall–Kier alpha value is -2.58. The molecule has 1 atom stereocenters. The summed E-state index contributed by atoms with van der Waals surface area (Å²) in [4.78, 5) is 19.8. The third kappa shape index (κ3) is 3.33. The molecule has 0 bridgehead atoms. The lowest BCUT2D eigenvalue weighted by molar-refractivity contribution is 0.598. The van der Waals surface area contributed by atoms with Crippen LogP contribution in [0.15, 0.2) is 41.3 Å². The Bertz CT molecular complexity index is 1240. The number of hydrogen-bond acceptors (Lipinski definition) is 5. The normalized spacial score (nSPS) is 14.9. The van der Waals surface area contributed by atoms with Crippen molar-refractivity contribution in [1.82, 2.24) is 9.97 Å². The summed E-state index contributed by atoms with van der Waals surface area (Å²) in [5.74, 6) is 0.585. The Balaban J connectivity index is 1.70. The van der Waals surface area contributed by atoms with Crippen molar-refractivity contribution in [2.24, 2.45) is 0 Å². The standard InChI is InChI=1S/C19H19ClN4O3S/c1-11(15-10-12-9-13(20)3-4-16(12)23-19(15)25)22-18-14-6-8-24(28(2,26)27)17(14)5-7-21-18/h3-5,7,9-11H,6,8H2,1-2H3,(H,21,22)(H,23,25)/t11-/m0/s1. The number of aromatic nitrogens is 2. The van der Waals surface area contributed by atoms with E-state index in [1.165, 1.54) is 10.6 Å². The van der Waals surface area contributed by atoms with Gasteiger partial charge in [-0.25, -0.2) is 13.4 Å². The molecule has 2 N–H and O–H groups in total. The summed E-state index contributed by atoms with van der Waals surface area (Å²) in [5.41, 5.74) is 2.53.